The van der Waals surface area contributed by atoms with Crippen molar-refractivity contribution in [2.75, 3.05) is 18.0 Å². The van der Waals surface area contributed by atoms with Gasteiger partial charge in [0.25, 0.3) is 0 Å². The second-order valence-corrected chi connectivity index (χ2v) is 5.45. The Labute approximate surface area is 125 Å². The zero-order valence-corrected chi connectivity index (χ0v) is 12.3. The molecule has 0 fully saturated rings. The monoisotopic (exact) mass is 284 g/mol. The second-order valence-electron chi connectivity index (χ2n) is 5.45. The summed E-state index contributed by atoms with van der Waals surface area (Å²) < 4.78 is 13.6. The van der Waals surface area contributed by atoms with Crippen LogP contribution in [0.1, 0.15) is 30.5 Å². The van der Waals surface area contributed by atoms with Gasteiger partial charge in [-0.25, -0.2) is 4.39 Å². The van der Waals surface area contributed by atoms with Crippen molar-refractivity contribution in [1.29, 1.82) is 0 Å². The highest BCUT2D eigenvalue weighted by atomic mass is 19.1. The zero-order valence-electron chi connectivity index (χ0n) is 12.3. The molecule has 1 N–H and O–H groups in total. The number of anilines is 1. The zero-order chi connectivity index (χ0) is 14.7. The number of nitrogens with one attached hydrogen (secondary N) is 1. The molecule has 2 nitrogen and oxygen atoms in total. The van der Waals surface area contributed by atoms with Crippen molar-refractivity contribution in [3.05, 3.63) is 65.5 Å². The molecule has 1 aliphatic heterocycles. The molecule has 1 aliphatic rings. The van der Waals surface area contributed by atoms with Gasteiger partial charge in [-0.2, -0.15) is 0 Å². The number of hydrogen-bond acceptors (Lipinski definition) is 2. The van der Waals surface area contributed by atoms with Gasteiger partial charge < -0.3 is 10.2 Å². The summed E-state index contributed by atoms with van der Waals surface area (Å²) in [5.41, 5.74) is 3.66. The van der Waals surface area contributed by atoms with E-state index in [4.69, 9.17) is 0 Å². The van der Waals surface area contributed by atoms with Crippen molar-refractivity contribution < 1.29 is 4.39 Å². The molecule has 3 rings (SSSR count). The smallest absolute Gasteiger partial charge is 0.125 e. The van der Waals surface area contributed by atoms with Gasteiger partial charge in [0.05, 0.1) is 6.04 Å². The van der Waals surface area contributed by atoms with Crippen LogP contribution in [0.15, 0.2) is 48.5 Å². The Bertz CT molecular complexity index is 612. The maximum Gasteiger partial charge on any atom is 0.125 e. The molecule has 0 aromatic heterocycles. The van der Waals surface area contributed by atoms with Gasteiger partial charge >= 0.3 is 0 Å². The molecule has 0 saturated carbocycles. The van der Waals surface area contributed by atoms with Crippen molar-refractivity contribution in [2.45, 2.75) is 25.9 Å². The van der Waals surface area contributed by atoms with E-state index in [-0.39, 0.29) is 5.82 Å². The Balaban J connectivity index is 2.00. The van der Waals surface area contributed by atoms with Gasteiger partial charge in [-0.15, -0.1) is 0 Å². The highest BCUT2D eigenvalue weighted by Crippen LogP contribution is 2.33. The molecule has 0 bridgehead atoms. The number of rotatable bonds is 3. The van der Waals surface area contributed by atoms with E-state index in [1.807, 2.05) is 6.07 Å². The third-order valence-corrected chi connectivity index (χ3v) is 4.18. The SMILES string of the molecule is CCN(c1cccc(F)c1)C1CCNCc2ccccc21. The van der Waals surface area contributed by atoms with E-state index >= 15 is 0 Å². The Morgan fingerprint density at radius 2 is 2.05 bits per heavy atom. The van der Waals surface area contributed by atoms with Crippen LogP contribution >= 0.6 is 0 Å². The number of fused-ring (bicyclic) bond motifs is 1. The van der Waals surface area contributed by atoms with Crippen LogP contribution in [0.25, 0.3) is 0 Å². The summed E-state index contributed by atoms with van der Waals surface area (Å²) in [7, 11) is 0. The minimum absolute atomic E-state index is 0.175. The lowest BCUT2D eigenvalue weighted by atomic mass is 9.97. The van der Waals surface area contributed by atoms with Crippen molar-refractivity contribution >= 4 is 5.69 Å². The molecule has 0 radical (unpaired) electrons. The quantitative estimate of drug-likeness (QED) is 0.920. The van der Waals surface area contributed by atoms with Crippen molar-refractivity contribution in [2.24, 2.45) is 0 Å². The summed E-state index contributed by atoms with van der Waals surface area (Å²) in [4.78, 5) is 2.30. The van der Waals surface area contributed by atoms with Crippen LogP contribution in [-0.2, 0) is 6.54 Å². The summed E-state index contributed by atoms with van der Waals surface area (Å²) in [5.74, 6) is -0.175. The molecule has 1 atom stereocenters. The number of benzene rings is 2. The Morgan fingerprint density at radius 1 is 1.19 bits per heavy atom. The average Bonchev–Trinajstić information content (AvgIpc) is 2.71. The van der Waals surface area contributed by atoms with Crippen LogP contribution in [-0.4, -0.2) is 13.1 Å². The second kappa shape index (κ2) is 6.27. The van der Waals surface area contributed by atoms with E-state index in [2.05, 4.69) is 41.4 Å². The lowest BCUT2D eigenvalue weighted by Crippen LogP contribution is -2.29. The van der Waals surface area contributed by atoms with E-state index in [0.29, 0.717) is 6.04 Å². The van der Waals surface area contributed by atoms with Crippen LogP contribution in [0.4, 0.5) is 10.1 Å². The van der Waals surface area contributed by atoms with Gasteiger partial charge in [-0.1, -0.05) is 30.3 Å². The third kappa shape index (κ3) is 2.93. The Morgan fingerprint density at radius 3 is 2.86 bits per heavy atom. The fourth-order valence-corrected chi connectivity index (χ4v) is 3.20. The van der Waals surface area contributed by atoms with Crippen LogP contribution in [0.3, 0.4) is 0 Å². The standard InChI is InChI=1S/C18H21FN2/c1-2-21(16-8-5-7-15(19)12-16)18-10-11-20-13-14-6-3-4-9-17(14)18/h3-9,12,18,20H,2,10-11,13H2,1H3. The van der Waals surface area contributed by atoms with Gasteiger partial charge in [0.15, 0.2) is 0 Å². The maximum atomic E-state index is 13.6. The van der Waals surface area contributed by atoms with Gasteiger partial charge in [0.2, 0.25) is 0 Å². The van der Waals surface area contributed by atoms with Crippen LogP contribution in [0, 0.1) is 5.82 Å². The lowest BCUT2D eigenvalue weighted by Gasteiger charge is -2.33. The highest BCUT2D eigenvalue weighted by Gasteiger charge is 2.23. The van der Waals surface area contributed by atoms with Crippen molar-refractivity contribution in [3.8, 4) is 0 Å². The molecule has 2 aromatic rings. The fraction of sp³-hybridized carbons (Fsp3) is 0.333. The number of halogens is 1. The molecule has 2 aromatic carbocycles. The van der Waals surface area contributed by atoms with E-state index in [0.717, 1.165) is 31.7 Å². The Hall–Kier alpha value is -1.87. The molecule has 0 saturated heterocycles. The lowest BCUT2D eigenvalue weighted by molar-refractivity contribution is 0.567. The Kier molecular flexibility index (Phi) is 4.20. The minimum atomic E-state index is -0.175. The van der Waals surface area contributed by atoms with Gasteiger partial charge in [0, 0.05) is 18.8 Å². The summed E-state index contributed by atoms with van der Waals surface area (Å²) in [6.45, 7) is 4.88. The fourth-order valence-electron chi connectivity index (χ4n) is 3.20. The van der Waals surface area contributed by atoms with Crippen LogP contribution in [0.5, 0.6) is 0 Å². The molecule has 21 heavy (non-hydrogen) atoms. The molecule has 1 heterocycles. The largest absolute Gasteiger partial charge is 0.365 e. The van der Waals surface area contributed by atoms with E-state index in [1.54, 1.807) is 12.1 Å². The molecular formula is C18H21FN2. The van der Waals surface area contributed by atoms with E-state index < -0.39 is 0 Å². The number of nitrogens with zero attached hydrogens (tertiary/aromatic N) is 1. The van der Waals surface area contributed by atoms with Gasteiger partial charge in [-0.05, 0) is 49.2 Å². The van der Waals surface area contributed by atoms with E-state index in [1.165, 1.54) is 17.2 Å². The first-order valence-electron chi connectivity index (χ1n) is 7.60. The molecular weight excluding hydrogens is 263 g/mol. The topological polar surface area (TPSA) is 15.3 Å². The highest BCUT2D eigenvalue weighted by molar-refractivity contribution is 5.50. The summed E-state index contributed by atoms with van der Waals surface area (Å²) in [6, 6.07) is 15.8. The first kappa shape index (κ1) is 14.1. The molecule has 110 valence electrons. The van der Waals surface area contributed by atoms with Crippen molar-refractivity contribution in [1.82, 2.24) is 5.32 Å². The van der Waals surface area contributed by atoms with Crippen LogP contribution in [0.2, 0.25) is 0 Å². The predicted molar refractivity (Wildman–Crippen MR) is 84.9 cm³/mol. The minimum Gasteiger partial charge on any atom is -0.365 e. The molecule has 0 aliphatic carbocycles. The molecule has 3 heteroatoms. The maximum absolute atomic E-state index is 13.6. The van der Waals surface area contributed by atoms with Crippen molar-refractivity contribution in [3.63, 3.8) is 0 Å². The predicted octanol–water partition coefficient (Wildman–Crippen LogP) is 3.89. The molecule has 0 spiro atoms. The molecule has 1 unspecified atom stereocenters. The first-order chi connectivity index (χ1) is 10.3. The summed E-state index contributed by atoms with van der Waals surface area (Å²) >= 11 is 0. The van der Waals surface area contributed by atoms with Crippen LogP contribution < -0.4 is 10.2 Å². The average molecular weight is 284 g/mol. The normalized spacial score (nSPS) is 17.9. The first-order valence-corrected chi connectivity index (χ1v) is 7.60. The number of hydrogen-bond donors (Lipinski definition) is 1. The third-order valence-electron chi connectivity index (χ3n) is 4.18. The van der Waals surface area contributed by atoms with E-state index in [9.17, 15) is 4.39 Å². The van der Waals surface area contributed by atoms with Gasteiger partial charge in [0.1, 0.15) is 5.82 Å². The van der Waals surface area contributed by atoms with Gasteiger partial charge in [-0.3, -0.25) is 0 Å². The summed E-state index contributed by atoms with van der Waals surface area (Å²) in [6.07, 6.45) is 1.03. The molecule has 0 amide bonds. The summed E-state index contributed by atoms with van der Waals surface area (Å²) in [5, 5.41) is 3.47.